The van der Waals surface area contributed by atoms with Gasteiger partial charge in [0.2, 0.25) is 0 Å². The lowest BCUT2D eigenvalue weighted by Crippen LogP contribution is -2.32. The van der Waals surface area contributed by atoms with E-state index in [0.717, 1.165) is 17.4 Å². The minimum atomic E-state index is -3.24. The predicted molar refractivity (Wildman–Crippen MR) is 71.7 cm³/mol. The first-order valence-corrected chi connectivity index (χ1v) is 7.71. The zero-order chi connectivity index (χ0) is 13.9. The number of benzene rings is 1. The summed E-state index contributed by atoms with van der Waals surface area (Å²) in [5, 5.41) is 9.19. The second kappa shape index (κ2) is 5.71. The molecule has 0 saturated heterocycles. The normalized spacial score (nSPS) is 15.2. The van der Waals surface area contributed by atoms with Crippen LogP contribution in [0, 0.1) is 6.92 Å². The van der Waals surface area contributed by atoms with Gasteiger partial charge in [0.1, 0.15) is 5.75 Å². The van der Waals surface area contributed by atoms with E-state index in [2.05, 4.69) is 0 Å². The average molecular weight is 272 g/mol. The predicted octanol–water partition coefficient (Wildman–Crippen LogP) is 1.34. The lowest BCUT2D eigenvalue weighted by molar-refractivity contribution is 0.172. The first-order valence-electron chi connectivity index (χ1n) is 5.76. The smallest absolute Gasteiger partial charge is 0.152 e. The van der Waals surface area contributed by atoms with Gasteiger partial charge in [0.25, 0.3) is 0 Å². The number of rotatable bonds is 5. The average Bonchev–Trinajstić information content (AvgIpc) is 2.27. The SMILES string of the molecule is COc1ccc(C)cc1CC(O)C(C)S(C)(=O)=O. The number of hydrogen-bond donors (Lipinski definition) is 1. The number of methoxy groups -OCH3 is 1. The van der Waals surface area contributed by atoms with Gasteiger partial charge in [0.05, 0.1) is 18.5 Å². The molecule has 0 fully saturated rings. The highest BCUT2D eigenvalue weighted by atomic mass is 32.2. The molecule has 102 valence electrons. The van der Waals surface area contributed by atoms with E-state index in [1.54, 1.807) is 7.11 Å². The Balaban J connectivity index is 2.94. The summed E-state index contributed by atoms with van der Waals surface area (Å²) in [5.74, 6) is 0.667. The first kappa shape index (κ1) is 15.0. The van der Waals surface area contributed by atoms with E-state index in [1.165, 1.54) is 6.92 Å². The summed E-state index contributed by atoms with van der Waals surface area (Å²) in [7, 11) is -1.69. The molecular formula is C13H20O4S. The third kappa shape index (κ3) is 3.71. The van der Waals surface area contributed by atoms with Crippen LogP contribution < -0.4 is 4.74 Å². The highest BCUT2D eigenvalue weighted by molar-refractivity contribution is 7.91. The van der Waals surface area contributed by atoms with Gasteiger partial charge >= 0.3 is 0 Å². The van der Waals surface area contributed by atoms with Gasteiger partial charge in [-0.2, -0.15) is 0 Å². The number of hydrogen-bond acceptors (Lipinski definition) is 4. The van der Waals surface area contributed by atoms with Gasteiger partial charge < -0.3 is 9.84 Å². The van der Waals surface area contributed by atoms with E-state index < -0.39 is 21.2 Å². The molecule has 0 aliphatic heterocycles. The Morgan fingerprint density at radius 1 is 1.39 bits per heavy atom. The standard InChI is InChI=1S/C13H20O4S/c1-9-5-6-13(17-3)11(7-9)8-12(14)10(2)18(4,15)16/h5-7,10,12,14H,8H2,1-4H3. The summed E-state index contributed by atoms with van der Waals surface area (Å²) in [6.45, 7) is 3.46. The van der Waals surface area contributed by atoms with Crippen LogP contribution in [0.2, 0.25) is 0 Å². The molecule has 1 rings (SSSR count). The lowest BCUT2D eigenvalue weighted by Gasteiger charge is -2.18. The van der Waals surface area contributed by atoms with Gasteiger partial charge in [0.15, 0.2) is 9.84 Å². The molecule has 0 saturated carbocycles. The van der Waals surface area contributed by atoms with Gasteiger partial charge in [-0.25, -0.2) is 8.42 Å². The van der Waals surface area contributed by atoms with E-state index in [1.807, 2.05) is 25.1 Å². The maximum Gasteiger partial charge on any atom is 0.152 e. The summed E-state index contributed by atoms with van der Waals surface area (Å²) in [6, 6.07) is 5.63. The first-order chi connectivity index (χ1) is 8.25. The van der Waals surface area contributed by atoms with E-state index in [0.29, 0.717) is 5.75 Å². The molecule has 1 N–H and O–H groups in total. The molecule has 0 amide bonds. The minimum Gasteiger partial charge on any atom is -0.496 e. The molecule has 0 aliphatic carbocycles. The Hall–Kier alpha value is -1.07. The van der Waals surface area contributed by atoms with Crippen molar-refractivity contribution in [3.63, 3.8) is 0 Å². The fourth-order valence-electron chi connectivity index (χ4n) is 1.74. The van der Waals surface area contributed by atoms with Crippen molar-refractivity contribution in [1.29, 1.82) is 0 Å². The second-order valence-corrected chi connectivity index (χ2v) is 7.02. The van der Waals surface area contributed by atoms with Crippen LogP contribution >= 0.6 is 0 Å². The number of aliphatic hydroxyl groups excluding tert-OH is 1. The molecule has 1 aromatic rings. The van der Waals surface area contributed by atoms with Gasteiger partial charge in [0, 0.05) is 12.7 Å². The summed E-state index contributed by atoms with van der Waals surface area (Å²) < 4.78 is 28.0. The molecular weight excluding hydrogens is 252 g/mol. The Morgan fingerprint density at radius 2 is 2.00 bits per heavy atom. The Labute approximate surface area is 109 Å². The second-order valence-electron chi connectivity index (χ2n) is 4.62. The minimum absolute atomic E-state index is 0.263. The van der Waals surface area contributed by atoms with Crippen LogP contribution in [0.5, 0.6) is 5.75 Å². The molecule has 18 heavy (non-hydrogen) atoms. The maximum atomic E-state index is 11.4. The fraction of sp³-hybridized carbons (Fsp3) is 0.538. The molecule has 0 radical (unpaired) electrons. The van der Waals surface area contributed by atoms with Crippen molar-refractivity contribution in [3.8, 4) is 5.75 Å². The summed E-state index contributed by atoms with van der Waals surface area (Å²) >= 11 is 0. The van der Waals surface area contributed by atoms with Crippen molar-refractivity contribution in [3.05, 3.63) is 29.3 Å². The molecule has 0 heterocycles. The molecule has 2 atom stereocenters. The number of aliphatic hydroxyl groups is 1. The Kier molecular flexibility index (Phi) is 4.76. The van der Waals surface area contributed by atoms with Crippen LogP contribution in [0.1, 0.15) is 18.1 Å². The molecule has 1 aromatic carbocycles. The number of sulfone groups is 1. The van der Waals surface area contributed by atoms with Crippen LogP contribution in [-0.2, 0) is 16.3 Å². The van der Waals surface area contributed by atoms with Crippen molar-refractivity contribution in [2.45, 2.75) is 31.6 Å². The van der Waals surface area contributed by atoms with Gasteiger partial charge in [-0.05, 0) is 25.5 Å². The van der Waals surface area contributed by atoms with Crippen molar-refractivity contribution < 1.29 is 18.3 Å². The quantitative estimate of drug-likeness (QED) is 0.878. The molecule has 0 aromatic heterocycles. The van der Waals surface area contributed by atoms with Crippen molar-refractivity contribution in [2.75, 3.05) is 13.4 Å². The van der Waals surface area contributed by atoms with E-state index in [-0.39, 0.29) is 6.42 Å². The number of ether oxygens (including phenoxy) is 1. The third-order valence-corrected chi connectivity index (χ3v) is 4.75. The van der Waals surface area contributed by atoms with Crippen LogP contribution in [-0.4, -0.2) is 38.2 Å². The van der Waals surface area contributed by atoms with Crippen LogP contribution in [0.25, 0.3) is 0 Å². The van der Waals surface area contributed by atoms with E-state index >= 15 is 0 Å². The highest BCUT2D eigenvalue weighted by Gasteiger charge is 2.25. The van der Waals surface area contributed by atoms with Crippen LogP contribution in [0.15, 0.2) is 18.2 Å². The Morgan fingerprint density at radius 3 is 2.50 bits per heavy atom. The summed E-state index contributed by atoms with van der Waals surface area (Å²) in [5.41, 5.74) is 1.87. The maximum absolute atomic E-state index is 11.4. The third-order valence-electron chi connectivity index (χ3n) is 3.08. The van der Waals surface area contributed by atoms with Gasteiger partial charge in [-0.15, -0.1) is 0 Å². The van der Waals surface area contributed by atoms with Crippen molar-refractivity contribution >= 4 is 9.84 Å². The zero-order valence-corrected chi connectivity index (χ0v) is 12.0. The fourth-order valence-corrected chi connectivity index (χ4v) is 2.41. The van der Waals surface area contributed by atoms with Crippen LogP contribution in [0.4, 0.5) is 0 Å². The molecule has 0 aliphatic rings. The zero-order valence-electron chi connectivity index (χ0n) is 11.2. The molecule has 2 unspecified atom stereocenters. The lowest BCUT2D eigenvalue weighted by atomic mass is 10.0. The topological polar surface area (TPSA) is 63.6 Å². The van der Waals surface area contributed by atoms with Crippen LogP contribution in [0.3, 0.4) is 0 Å². The van der Waals surface area contributed by atoms with Crippen molar-refractivity contribution in [1.82, 2.24) is 0 Å². The molecule has 0 spiro atoms. The molecule has 4 nitrogen and oxygen atoms in total. The highest BCUT2D eigenvalue weighted by Crippen LogP contribution is 2.22. The van der Waals surface area contributed by atoms with E-state index in [9.17, 15) is 13.5 Å². The number of aryl methyl sites for hydroxylation is 1. The molecule has 0 bridgehead atoms. The molecule has 5 heteroatoms. The van der Waals surface area contributed by atoms with Crippen molar-refractivity contribution in [2.24, 2.45) is 0 Å². The monoisotopic (exact) mass is 272 g/mol. The van der Waals surface area contributed by atoms with Gasteiger partial charge in [-0.3, -0.25) is 0 Å². The van der Waals surface area contributed by atoms with Gasteiger partial charge in [-0.1, -0.05) is 17.7 Å². The largest absolute Gasteiger partial charge is 0.496 e. The summed E-state index contributed by atoms with van der Waals surface area (Å²) in [6.07, 6.45) is 0.462. The Bertz CT molecular complexity index is 508. The summed E-state index contributed by atoms with van der Waals surface area (Å²) in [4.78, 5) is 0. The van der Waals surface area contributed by atoms with E-state index in [4.69, 9.17) is 4.74 Å².